The molecule has 0 bridgehead atoms. The lowest BCUT2D eigenvalue weighted by molar-refractivity contribution is 0.301. The smallest absolute Gasteiger partial charge is 0.122 e. The Morgan fingerprint density at radius 2 is 1.84 bits per heavy atom. The van der Waals surface area contributed by atoms with E-state index in [4.69, 9.17) is 4.74 Å². The number of aryl methyl sites for hydroxylation is 2. The van der Waals surface area contributed by atoms with Crippen molar-refractivity contribution in [2.75, 3.05) is 13.2 Å². The Balaban J connectivity index is 2.20. The quantitative estimate of drug-likeness (QED) is 0.713. The van der Waals surface area contributed by atoms with Crippen LogP contribution in [0.2, 0.25) is 0 Å². The maximum Gasteiger partial charge on any atom is 0.122 e. The SMILES string of the molecule is Cc1ccc(OCCNC(C)CCC(C)C)c(C)c1. The zero-order valence-electron chi connectivity index (χ0n) is 13.1. The molecule has 1 rings (SSSR count). The van der Waals surface area contributed by atoms with Gasteiger partial charge in [0, 0.05) is 12.6 Å². The lowest BCUT2D eigenvalue weighted by Crippen LogP contribution is -2.30. The summed E-state index contributed by atoms with van der Waals surface area (Å²) in [5.41, 5.74) is 2.50. The average molecular weight is 263 g/mol. The highest BCUT2D eigenvalue weighted by molar-refractivity contribution is 5.35. The molecule has 0 amide bonds. The maximum atomic E-state index is 5.81. The first kappa shape index (κ1) is 16.0. The van der Waals surface area contributed by atoms with Crippen LogP contribution in [-0.4, -0.2) is 19.2 Å². The first-order valence-corrected chi connectivity index (χ1v) is 7.42. The molecule has 0 spiro atoms. The van der Waals surface area contributed by atoms with Crippen LogP contribution in [0.25, 0.3) is 0 Å². The van der Waals surface area contributed by atoms with Crippen LogP contribution in [-0.2, 0) is 0 Å². The third-order valence-electron chi connectivity index (χ3n) is 3.36. The third-order valence-corrected chi connectivity index (χ3v) is 3.36. The number of hydrogen-bond donors (Lipinski definition) is 1. The summed E-state index contributed by atoms with van der Waals surface area (Å²) in [4.78, 5) is 0. The summed E-state index contributed by atoms with van der Waals surface area (Å²) >= 11 is 0. The van der Waals surface area contributed by atoms with Crippen molar-refractivity contribution < 1.29 is 4.74 Å². The molecule has 0 aliphatic rings. The van der Waals surface area contributed by atoms with Crippen LogP contribution < -0.4 is 10.1 Å². The molecule has 0 radical (unpaired) electrons. The largest absolute Gasteiger partial charge is 0.492 e. The molecule has 0 saturated carbocycles. The van der Waals surface area contributed by atoms with Gasteiger partial charge in [-0.1, -0.05) is 31.5 Å². The van der Waals surface area contributed by atoms with Crippen molar-refractivity contribution in [3.63, 3.8) is 0 Å². The van der Waals surface area contributed by atoms with Crippen LogP contribution in [0.3, 0.4) is 0 Å². The molecule has 1 atom stereocenters. The fourth-order valence-corrected chi connectivity index (χ4v) is 2.11. The van der Waals surface area contributed by atoms with Crippen molar-refractivity contribution in [2.45, 2.75) is 53.5 Å². The molecule has 1 unspecified atom stereocenters. The molecule has 2 heteroatoms. The van der Waals surface area contributed by atoms with E-state index in [2.05, 4.69) is 58.1 Å². The molecule has 1 aromatic carbocycles. The maximum absolute atomic E-state index is 5.81. The van der Waals surface area contributed by atoms with Gasteiger partial charge in [0.1, 0.15) is 12.4 Å². The molecule has 0 aliphatic heterocycles. The van der Waals surface area contributed by atoms with Gasteiger partial charge in [0.2, 0.25) is 0 Å². The Morgan fingerprint density at radius 3 is 2.47 bits per heavy atom. The molecule has 1 N–H and O–H groups in total. The van der Waals surface area contributed by atoms with Gasteiger partial charge in [-0.15, -0.1) is 0 Å². The van der Waals surface area contributed by atoms with Gasteiger partial charge in [-0.05, 0) is 51.2 Å². The standard InChI is InChI=1S/C17H29NO/c1-13(2)6-8-16(5)18-10-11-19-17-9-7-14(3)12-15(17)4/h7,9,12-13,16,18H,6,8,10-11H2,1-5H3. The van der Waals surface area contributed by atoms with Crippen molar-refractivity contribution in [3.05, 3.63) is 29.3 Å². The van der Waals surface area contributed by atoms with Crippen LogP contribution >= 0.6 is 0 Å². The molecule has 0 heterocycles. The van der Waals surface area contributed by atoms with Crippen molar-refractivity contribution >= 4 is 0 Å². The van der Waals surface area contributed by atoms with E-state index < -0.39 is 0 Å². The van der Waals surface area contributed by atoms with E-state index in [9.17, 15) is 0 Å². The van der Waals surface area contributed by atoms with Crippen molar-refractivity contribution in [1.29, 1.82) is 0 Å². The highest BCUT2D eigenvalue weighted by Crippen LogP contribution is 2.18. The Labute approximate surface area is 118 Å². The number of rotatable bonds is 8. The Kier molecular flexibility index (Phi) is 6.93. The van der Waals surface area contributed by atoms with E-state index in [1.165, 1.54) is 24.0 Å². The van der Waals surface area contributed by atoms with Crippen LogP contribution in [0.5, 0.6) is 5.75 Å². The minimum Gasteiger partial charge on any atom is -0.492 e. The Hall–Kier alpha value is -1.02. The van der Waals surface area contributed by atoms with Crippen molar-refractivity contribution in [1.82, 2.24) is 5.32 Å². The summed E-state index contributed by atoms with van der Waals surface area (Å²) in [6.07, 6.45) is 2.52. The molecule has 0 saturated heterocycles. The highest BCUT2D eigenvalue weighted by Gasteiger charge is 2.03. The summed E-state index contributed by atoms with van der Waals surface area (Å²) in [6.45, 7) is 12.6. The summed E-state index contributed by atoms with van der Waals surface area (Å²) < 4.78 is 5.81. The number of ether oxygens (including phenoxy) is 1. The van der Waals surface area contributed by atoms with Gasteiger partial charge in [-0.2, -0.15) is 0 Å². The zero-order valence-corrected chi connectivity index (χ0v) is 13.1. The van der Waals surface area contributed by atoms with Gasteiger partial charge in [-0.3, -0.25) is 0 Å². The normalized spacial score (nSPS) is 12.7. The summed E-state index contributed by atoms with van der Waals surface area (Å²) in [7, 11) is 0. The lowest BCUT2D eigenvalue weighted by Gasteiger charge is -2.16. The molecule has 19 heavy (non-hydrogen) atoms. The Bertz CT molecular complexity index is 374. The Morgan fingerprint density at radius 1 is 1.11 bits per heavy atom. The number of hydrogen-bond acceptors (Lipinski definition) is 2. The fraction of sp³-hybridized carbons (Fsp3) is 0.647. The van der Waals surface area contributed by atoms with Crippen molar-refractivity contribution in [3.8, 4) is 5.75 Å². The predicted molar refractivity (Wildman–Crippen MR) is 82.9 cm³/mol. The summed E-state index contributed by atoms with van der Waals surface area (Å²) in [5.74, 6) is 1.79. The van der Waals surface area contributed by atoms with Crippen LogP contribution in [0.15, 0.2) is 18.2 Å². The second-order valence-corrected chi connectivity index (χ2v) is 5.94. The first-order chi connectivity index (χ1) is 8.99. The number of nitrogens with one attached hydrogen (secondary N) is 1. The van der Waals surface area contributed by atoms with E-state index in [0.717, 1.165) is 24.8 Å². The van der Waals surface area contributed by atoms with Gasteiger partial charge in [0.05, 0.1) is 0 Å². The molecule has 0 fully saturated rings. The summed E-state index contributed by atoms with van der Waals surface area (Å²) in [6, 6.07) is 6.90. The van der Waals surface area contributed by atoms with Crippen LogP contribution in [0.1, 0.15) is 44.7 Å². The van der Waals surface area contributed by atoms with Gasteiger partial charge in [-0.25, -0.2) is 0 Å². The minimum atomic E-state index is 0.574. The third kappa shape index (κ3) is 6.63. The summed E-state index contributed by atoms with van der Waals surface area (Å²) in [5, 5.41) is 3.51. The second kappa shape index (κ2) is 8.21. The van der Waals surface area contributed by atoms with E-state index >= 15 is 0 Å². The zero-order chi connectivity index (χ0) is 14.3. The van der Waals surface area contributed by atoms with Gasteiger partial charge < -0.3 is 10.1 Å². The van der Waals surface area contributed by atoms with E-state index in [1.54, 1.807) is 0 Å². The van der Waals surface area contributed by atoms with Gasteiger partial charge in [0.15, 0.2) is 0 Å². The van der Waals surface area contributed by atoms with Crippen molar-refractivity contribution in [2.24, 2.45) is 5.92 Å². The molecule has 2 nitrogen and oxygen atoms in total. The molecule has 0 aliphatic carbocycles. The van der Waals surface area contributed by atoms with Gasteiger partial charge >= 0.3 is 0 Å². The molecule has 0 aromatic heterocycles. The molecule has 1 aromatic rings. The predicted octanol–water partition coefficient (Wildman–Crippen LogP) is 4.10. The van der Waals surface area contributed by atoms with Crippen LogP contribution in [0, 0.1) is 19.8 Å². The highest BCUT2D eigenvalue weighted by atomic mass is 16.5. The van der Waals surface area contributed by atoms with E-state index in [0.29, 0.717) is 6.04 Å². The lowest BCUT2D eigenvalue weighted by atomic mass is 10.0. The van der Waals surface area contributed by atoms with Gasteiger partial charge in [0.25, 0.3) is 0 Å². The first-order valence-electron chi connectivity index (χ1n) is 7.42. The molecular weight excluding hydrogens is 234 g/mol. The average Bonchev–Trinajstić information content (AvgIpc) is 2.34. The molecule has 108 valence electrons. The van der Waals surface area contributed by atoms with Crippen LogP contribution in [0.4, 0.5) is 0 Å². The van der Waals surface area contributed by atoms with E-state index in [-0.39, 0.29) is 0 Å². The fourth-order valence-electron chi connectivity index (χ4n) is 2.11. The minimum absolute atomic E-state index is 0.574. The number of benzene rings is 1. The second-order valence-electron chi connectivity index (χ2n) is 5.94. The topological polar surface area (TPSA) is 21.3 Å². The monoisotopic (exact) mass is 263 g/mol. The molecular formula is C17H29NO. The van der Waals surface area contributed by atoms with E-state index in [1.807, 2.05) is 0 Å².